The Morgan fingerprint density at radius 2 is 2.07 bits per heavy atom. The molecule has 1 aliphatic rings. The molecule has 1 atom stereocenters. The first kappa shape index (κ1) is 20.4. The van der Waals surface area contributed by atoms with E-state index in [9.17, 15) is 9.59 Å². The minimum absolute atomic E-state index is 0.0222. The minimum Gasteiger partial charge on any atom is -0.437 e. The molecular formula is C22H24N4O3S. The molecule has 3 heterocycles. The van der Waals surface area contributed by atoms with Crippen molar-refractivity contribution in [2.75, 3.05) is 18.8 Å². The van der Waals surface area contributed by atoms with Crippen LogP contribution in [0.3, 0.4) is 0 Å². The van der Waals surface area contributed by atoms with Crippen LogP contribution in [0.2, 0.25) is 0 Å². The molecule has 4 rings (SSSR count). The molecule has 0 saturated carbocycles. The van der Waals surface area contributed by atoms with Crippen LogP contribution in [0, 0.1) is 13.8 Å². The molecule has 1 saturated heterocycles. The third-order valence-corrected chi connectivity index (χ3v) is 6.32. The smallest absolute Gasteiger partial charge is 0.256 e. The largest absolute Gasteiger partial charge is 0.437 e. The van der Waals surface area contributed by atoms with Crippen LogP contribution in [0.1, 0.15) is 46.3 Å². The first-order valence-electron chi connectivity index (χ1n) is 9.96. The number of rotatable bonds is 5. The fourth-order valence-electron chi connectivity index (χ4n) is 3.79. The van der Waals surface area contributed by atoms with E-state index in [1.165, 1.54) is 11.8 Å². The average Bonchev–Trinajstić information content (AvgIpc) is 3.08. The summed E-state index contributed by atoms with van der Waals surface area (Å²) in [7, 11) is 0. The Morgan fingerprint density at radius 3 is 2.80 bits per heavy atom. The van der Waals surface area contributed by atoms with Gasteiger partial charge in [-0.25, -0.2) is 4.98 Å². The summed E-state index contributed by atoms with van der Waals surface area (Å²) in [5, 5.41) is 1.39. The van der Waals surface area contributed by atoms with Gasteiger partial charge in [-0.15, -0.1) is 0 Å². The van der Waals surface area contributed by atoms with Gasteiger partial charge in [0.05, 0.1) is 28.2 Å². The number of hydrogen-bond acceptors (Lipinski definition) is 6. The van der Waals surface area contributed by atoms with Crippen molar-refractivity contribution in [3.05, 3.63) is 53.0 Å². The van der Waals surface area contributed by atoms with Crippen LogP contribution in [0.15, 0.2) is 40.0 Å². The number of fused-ring (bicyclic) bond motifs is 1. The second kappa shape index (κ2) is 8.47. The Morgan fingerprint density at radius 1 is 1.27 bits per heavy atom. The summed E-state index contributed by atoms with van der Waals surface area (Å²) >= 11 is 1.31. The Balaban J connectivity index is 1.51. The van der Waals surface area contributed by atoms with Gasteiger partial charge in [-0.05, 0) is 38.8 Å². The second-order valence-corrected chi connectivity index (χ2v) is 8.49. The van der Waals surface area contributed by atoms with Crippen molar-refractivity contribution in [1.29, 1.82) is 0 Å². The van der Waals surface area contributed by atoms with E-state index in [1.54, 1.807) is 0 Å². The number of oxazole rings is 1. The van der Waals surface area contributed by atoms with Gasteiger partial charge in [-0.1, -0.05) is 30.0 Å². The Bertz CT molecular complexity index is 1090. The molecule has 0 aliphatic carbocycles. The lowest BCUT2D eigenvalue weighted by Crippen LogP contribution is -2.40. The van der Waals surface area contributed by atoms with E-state index >= 15 is 0 Å². The van der Waals surface area contributed by atoms with Crippen LogP contribution in [0.25, 0.3) is 10.9 Å². The van der Waals surface area contributed by atoms with Crippen molar-refractivity contribution in [2.24, 2.45) is 5.73 Å². The highest BCUT2D eigenvalue weighted by Gasteiger charge is 2.29. The maximum Gasteiger partial charge on any atom is 0.256 e. The fraction of sp³-hybridized carbons (Fsp3) is 0.364. The zero-order valence-electron chi connectivity index (χ0n) is 17.1. The number of likely N-dealkylation sites (tertiary alicyclic amines) is 1. The molecule has 2 amide bonds. The number of carbonyl (C=O) groups excluding carboxylic acids is 2. The maximum atomic E-state index is 12.8. The molecule has 1 aromatic carbocycles. The van der Waals surface area contributed by atoms with Gasteiger partial charge in [0.15, 0.2) is 0 Å². The number of piperidine rings is 1. The highest BCUT2D eigenvalue weighted by molar-refractivity contribution is 7.99. The Labute approximate surface area is 179 Å². The van der Waals surface area contributed by atoms with Crippen LogP contribution in [0.4, 0.5) is 0 Å². The molecule has 8 heteroatoms. The van der Waals surface area contributed by atoms with Crippen LogP contribution < -0.4 is 5.73 Å². The molecule has 1 unspecified atom stereocenters. The van der Waals surface area contributed by atoms with E-state index in [0.717, 1.165) is 35.2 Å². The van der Waals surface area contributed by atoms with Crippen molar-refractivity contribution in [3.8, 4) is 0 Å². The van der Waals surface area contributed by atoms with Gasteiger partial charge in [0.1, 0.15) is 5.76 Å². The number of primary amides is 1. The van der Waals surface area contributed by atoms with Crippen LogP contribution in [-0.4, -0.2) is 45.5 Å². The third kappa shape index (κ3) is 4.18. The van der Waals surface area contributed by atoms with Crippen molar-refractivity contribution in [3.63, 3.8) is 0 Å². The van der Waals surface area contributed by atoms with Gasteiger partial charge >= 0.3 is 0 Å². The average molecular weight is 425 g/mol. The Hall–Kier alpha value is -2.87. The highest BCUT2D eigenvalue weighted by Crippen LogP contribution is 2.31. The van der Waals surface area contributed by atoms with Gasteiger partial charge < -0.3 is 15.1 Å². The minimum atomic E-state index is -0.489. The quantitative estimate of drug-likeness (QED) is 0.630. The van der Waals surface area contributed by atoms with E-state index in [1.807, 2.05) is 49.1 Å². The van der Waals surface area contributed by atoms with E-state index in [4.69, 9.17) is 15.1 Å². The van der Waals surface area contributed by atoms with E-state index in [-0.39, 0.29) is 17.6 Å². The van der Waals surface area contributed by atoms with Crippen molar-refractivity contribution >= 4 is 34.5 Å². The predicted octanol–water partition coefficient (Wildman–Crippen LogP) is 3.44. The highest BCUT2D eigenvalue weighted by atomic mass is 32.2. The van der Waals surface area contributed by atoms with E-state index in [2.05, 4.69) is 4.98 Å². The van der Waals surface area contributed by atoms with E-state index < -0.39 is 5.91 Å². The summed E-state index contributed by atoms with van der Waals surface area (Å²) in [6, 6.07) is 9.47. The number of pyridine rings is 1. The number of nitrogens with two attached hydrogens (primary N) is 1. The number of aryl methyl sites for hydroxylation is 2. The lowest BCUT2D eigenvalue weighted by molar-refractivity contribution is -0.129. The van der Waals surface area contributed by atoms with Gasteiger partial charge in [0.2, 0.25) is 5.91 Å². The second-order valence-electron chi connectivity index (χ2n) is 7.57. The van der Waals surface area contributed by atoms with Crippen LogP contribution in [0.5, 0.6) is 0 Å². The van der Waals surface area contributed by atoms with Crippen molar-refractivity contribution in [2.45, 2.75) is 37.8 Å². The molecule has 0 bridgehead atoms. The number of benzene rings is 1. The first-order chi connectivity index (χ1) is 14.4. The zero-order chi connectivity index (χ0) is 21.3. The maximum absolute atomic E-state index is 12.8. The number of nitrogens with zero attached hydrogens (tertiary/aromatic N) is 3. The van der Waals surface area contributed by atoms with Gasteiger partial charge in [0, 0.05) is 24.4 Å². The normalized spacial score (nSPS) is 16.7. The van der Waals surface area contributed by atoms with Crippen LogP contribution >= 0.6 is 11.8 Å². The number of para-hydroxylation sites is 1. The number of amides is 2. The molecule has 3 aromatic rings. The fourth-order valence-corrected chi connectivity index (χ4v) is 4.60. The molecule has 2 N–H and O–H groups in total. The van der Waals surface area contributed by atoms with Crippen LogP contribution in [-0.2, 0) is 4.79 Å². The van der Waals surface area contributed by atoms with Crippen molar-refractivity contribution in [1.82, 2.24) is 14.9 Å². The summed E-state index contributed by atoms with van der Waals surface area (Å²) in [4.78, 5) is 35.8. The monoisotopic (exact) mass is 424 g/mol. The molecule has 0 radical (unpaired) electrons. The van der Waals surface area contributed by atoms with Gasteiger partial charge in [-0.2, -0.15) is 0 Å². The molecule has 1 fully saturated rings. The lowest BCUT2D eigenvalue weighted by Gasteiger charge is -2.33. The molecule has 7 nitrogen and oxygen atoms in total. The zero-order valence-corrected chi connectivity index (χ0v) is 17.9. The molecule has 0 spiro atoms. The summed E-state index contributed by atoms with van der Waals surface area (Å²) in [5.74, 6) is 0.548. The molecular weight excluding hydrogens is 400 g/mol. The number of carbonyl (C=O) groups is 2. The SMILES string of the molecule is Cc1nc(SCC(=O)N2CCCC(c3nc4ccccc4cc3C(N)=O)C2)oc1C. The number of aromatic nitrogens is 2. The first-order valence-corrected chi connectivity index (χ1v) is 10.9. The Kier molecular flexibility index (Phi) is 5.76. The topological polar surface area (TPSA) is 102 Å². The summed E-state index contributed by atoms with van der Waals surface area (Å²) in [5.41, 5.74) is 8.44. The number of hydrogen-bond donors (Lipinski definition) is 1. The predicted molar refractivity (Wildman–Crippen MR) is 116 cm³/mol. The molecule has 1 aliphatic heterocycles. The molecule has 30 heavy (non-hydrogen) atoms. The summed E-state index contributed by atoms with van der Waals surface area (Å²) in [6.45, 7) is 4.96. The standard InChI is InChI=1S/C22H24N4O3S/c1-13-14(2)29-22(24-13)30-12-19(27)26-9-5-7-16(11-26)20-17(21(23)28)10-15-6-3-4-8-18(15)25-20/h3-4,6,8,10,16H,5,7,9,11-12H2,1-2H3,(H2,23,28). The van der Waals surface area contributed by atoms with E-state index in [0.29, 0.717) is 29.6 Å². The summed E-state index contributed by atoms with van der Waals surface area (Å²) in [6.07, 6.45) is 1.71. The van der Waals surface area contributed by atoms with Crippen molar-refractivity contribution < 1.29 is 14.0 Å². The van der Waals surface area contributed by atoms with Gasteiger partial charge in [-0.3, -0.25) is 14.6 Å². The summed E-state index contributed by atoms with van der Waals surface area (Å²) < 4.78 is 5.55. The molecule has 2 aromatic heterocycles. The lowest BCUT2D eigenvalue weighted by atomic mass is 9.90. The van der Waals surface area contributed by atoms with Gasteiger partial charge in [0.25, 0.3) is 11.1 Å². The third-order valence-electron chi connectivity index (χ3n) is 5.51. The molecule has 156 valence electrons. The number of thioether (sulfide) groups is 1.